The van der Waals surface area contributed by atoms with Crippen LogP contribution in [-0.4, -0.2) is 11.1 Å². The van der Waals surface area contributed by atoms with Gasteiger partial charge in [0.25, 0.3) is 0 Å². The van der Waals surface area contributed by atoms with Crippen molar-refractivity contribution in [3.63, 3.8) is 0 Å². The molecule has 1 aliphatic heterocycles. The molecule has 0 aromatic heterocycles. The first-order valence-electron chi connectivity index (χ1n) is 16.1. The summed E-state index contributed by atoms with van der Waals surface area (Å²) in [5.41, 5.74) is 6.93. The van der Waals surface area contributed by atoms with Gasteiger partial charge in [0.1, 0.15) is 0 Å². The van der Waals surface area contributed by atoms with Crippen molar-refractivity contribution in [2.24, 2.45) is 0 Å². The van der Waals surface area contributed by atoms with Gasteiger partial charge in [-0.25, -0.2) is 0 Å². The van der Waals surface area contributed by atoms with Crippen molar-refractivity contribution in [1.29, 1.82) is 0 Å². The number of unbranched alkanes of at least 4 members (excludes halogenated alkanes) is 5. The second-order valence-corrected chi connectivity index (χ2v) is 19.0. The van der Waals surface area contributed by atoms with Gasteiger partial charge in [0, 0.05) is 0 Å². The third-order valence-electron chi connectivity index (χ3n) is 8.43. The first-order chi connectivity index (χ1) is 18.7. The van der Waals surface area contributed by atoms with Gasteiger partial charge < -0.3 is 0 Å². The summed E-state index contributed by atoms with van der Waals surface area (Å²) in [6.45, 7) is 29.4. The zero-order valence-electron chi connectivity index (χ0n) is 28.7. The molecular formula is C37H61O3P. The Hall–Kier alpha value is -1.57. The van der Waals surface area contributed by atoms with E-state index >= 15 is 0 Å². The molecule has 0 amide bonds. The molecule has 0 spiro atoms. The molecule has 1 heterocycles. The summed E-state index contributed by atoms with van der Waals surface area (Å²) >= 11 is 0. The molecule has 0 radical (unpaired) electrons. The zero-order valence-corrected chi connectivity index (χ0v) is 29.7. The second kappa shape index (κ2) is 12.2. The summed E-state index contributed by atoms with van der Waals surface area (Å²) in [5, 5.41) is 0. The molecular weight excluding hydrogens is 523 g/mol. The van der Waals surface area contributed by atoms with Gasteiger partial charge in [-0.05, 0) is 0 Å². The maximum atomic E-state index is 12.4. The van der Waals surface area contributed by atoms with Crippen LogP contribution in [0.3, 0.4) is 0 Å². The van der Waals surface area contributed by atoms with Crippen molar-refractivity contribution in [1.82, 2.24) is 0 Å². The van der Waals surface area contributed by atoms with Gasteiger partial charge in [-0.1, -0.05) is 0 Å². The van der Waals surface area contributed by atoms with Crippen molar-refractivity contribution in [3.8, 4) is 11.5 Å². The van der Waals surface area contributed by atoms with Crippen LogP contribution in [0.4, 0.5) is 0 Å². The molecule has 0 fully saturated rings. The fourth-order valence-electron chi connectivity index (χ4n) is 5.64. The molecule has 2 aromatic carbocycles. The third kappa shape index (κ3) is 8.51. The van der Waals surface area contributed by atoms with E-state index in [4.69, 9.17) is 9.05 Å². The van der Waals surface area contributed by atoms with Gasteiger partial charge in [0.05, 0.1) is 0 Å². The van der Waals surface area contributed by atoms with E-state index in [0.717, 1.165) is 46.6 Å². The molecule has 0 saturated carbocycles. The molecule has 232 valence electrons. The van der Waals surface area contributed by atoms with Crippen LogP contribution in [0.2, 0.25) is 0 Å². The molecule has 41 heavy (non-hydrogen) atoms. The molecule has 4 heteroatoms. The van der Waals surface area contributed by atoms with E-state index in [1.165, 1.54) is 36.8 Å². The predicted molar refractivity (Wildman–Crippen MR) is 181 cm³/mol. The molecule has 2 aromatic rings. The summed E-state index contributed by atoms with van der Waals surface area (Å²) in [4.78, 5) is 12.4. The number of hydrogen-bond acceptors (Lipinski definition) is 3. The van der Waals surface area contributed by atoms with E-state index in [1.807, 2.05) is 0 Å². The fourth-order valence-corrected chi connectivity index (χ4v) is 7.70. The first kappa shape index (κ1) is 33.9. The minimum atomic E-state index is -3.64. The third-order valence-corrected chi connectivity index (χ3v) is 10.5. The van der Waals surface area contributed by atoms with Gasteiger partial charge in [-0.3, -0.25) is 0 Å². The molecule has 3 nitrogen and oxygen atoms in total. The Morgan fingerprint density at radius 3 is 1.34 bits per heavy atom. The molecule has 0 saturated heterocycles. The van der Waals surface area contributed by atoms with E-state index in [-0.39, 0.29) is 21.7 Å². The van der Waals surface area contributed by atoms with E-state index in [9.17, 15) is 4.89 Å². The van der Waals surface area contributed by atoms with Gasteiger partial charge in [-0.2, -0.15) is 0 Å². The van der Waals surface area contributed by atoms with Crippen molar-refractivity contribution in [2.75, 3.05) is 6.16 Å². The Balaban J connectivity index is 2.29. The van der Waals surface area contributed by atoms with Gasteiger partial charge in [0.15, 0.2) is 0 Å². The fraction of sp³-hybridized carbons (Fsp3) is 0.676. The van der Waals surface area contributed by atoms with Crippen LogP contribution < -0.4 is 9.05 Å². The average Bonchev–Trinajstić information content (AvgIpc) is 2.79. The van der Waals surface area contributed by atoms with Crippen LogP contribution in [0, 0.1) is 0 Å². The Morgan fingerprint density at radius 2 is 0.976 bits per heavy atom. The van der Waals surface area contributed by atoms with Gasteiger partial charge in [0.2, 0.25) is 0 Å². The number of rotatable bonds is 7. The van der Waals surface area contributed by atoms with Crippen LogP contribution in [0.25, 0.3) is 0 Å². The normalized spacial score (nSPS) is 16.5. The molecule has 0 atom stereocenters. The summed E-state index contributed by atoms with van der Waals surface area (Å²) < 4.78 is 13.7. The van der Waals surface area contributed by atoms with Gasteiger partial charge >= 0.3 is 254 Å². The summed E-state index contributed by atoms with van der Waals surface area (Å²) in [5.74, 6) is 1.68. The molecule has 0 aliphatic carbocycles. The molecule has 1 aliphatic rings. The predicted octanol–water partition coefficient (Wildman–Crippen LogP) is 11.1. The van der Waals surface area contributed by atoms with Crippen LogP contribution >= 0.6 is 7.94 Å². The van der Waals surface area contributed by atoms with E-state index in [2.05, 4.69) is 114 Å². The van der Waals surface area contributed by atoms with Crippen LogP contribution in [-0.2, 0) is 28.1 Å². The Kier molecular flexibility index (Phi) is 10.1. The minimum absolute atomic E-state index is 0.00717. The quantitative estimate of drug-likeness (QED) is 0.260. The topological polar surface area (TPSA) is 38.7 Å². The van der Waals surface area contributed by atoms with Crippen molar-refractivity contribution < 1.29 is 13.9 Å². The number of hydrogen-bond donors (Lipinski definition) is 1. The Morgan fingerprint density at radius 1 is 0.585 bits per heavy atom. The number of benzene rings is 2. The zero-order chi connectivity index (χ0) is 31.0. The van der Waals surface area contributed by atoms with E-state index in [1.54, 1.807) is 0 Å². The molecule has 3 rings (SSSR count). The second-order valence-electron chi connectivity index (χ2n) is 16.6. The molecule has 1 N–H and O–H groups in total. The van der Waals surface area contributed by atoms with Crippen molar-refractivity contribution >= 4 is 7.94 Å². The molecule has 0 bridgehead atoms. The molecule has 0 unspecified atom stereocenters. The van der Waals surface area contributed by atoms with Crippen LogP contribution in [0.1, 0.15) is 162 Å². The Bertz CT molecular complexity index is 1120. The van der Waals surface area contributed by atoms with Crippen LogP contribution in [0.15, 0.2) is 24.3 Å². The summed E-state index contributed by atoms with van der Waals surface area (Å²) in [6, 6.07) is 9.29. The standard InChI is InChI=1S/C37H61O3P/c1-14-15-16-17-18-19-20-41(38)39-32-26(22-28(34(2,3)4)24-30(32)36(8,9)10)21-27-23-29(35(5,6)7)25-31(33(27)40-41)37(11,12)13/h22-25,38,41H,14-21H2,1-13H3. The Labute approximate surface area is 253 Å². The summed E-state index contributed by atoms with van der Waals surface area (Å²) in [7, 11) is -3.64. The van der Waals surface area contributed by atoms with Crippen molar-refractivity contribution in [2.45, 2.75) is 157 Å². The van der Waals surface area contributed by atoms with Crippen molar-refractivity contribution in [3.05, 3.63) is 57.6 Å². The SMILES string of the molecule is CCCCCCCC[PH]1(O)Oc2c(cc(C(C)(C)C)cc2C(C)(C)C)Cc2cc(C(C)(C)C)cc(C(C)(C)C)c2O1. The first-order valence-corrected chi connectivity index (χ1v) is 18.1. The number of fused-ring (bicyclic) bond motifs is 2. The van der Waals surface area contributed by atoms with Crippen LogP contribution in [0.5, 0.6) is 11.5 Å². The average molecular weight is 585 g/mol. The van der Waals surface area contributed by atoms with E-state index in [0.29, 0.717) is 12.6 Å². The summed E-state index contributed by atoms with van der Waals surface area (Å²) in [6.07, 6.45) is 8.22. The monoisotopic (exact) mass is 584 g/mol. The maximum absolute atomic E-state index is 12.4. The van der Waals surface area contributed by atoms with Gasteiger partial charge in [-0.15, -0.1) is 0 Å². The van der Waals surface area contributed by atoms with E-state index < -0.39 is 7.94 Å².